The van der Waals surface area contributed by atoms with Gasteiger partial charge in [-0.1, -0.05) is 24.6 Å². The molecule has 0 bridgehead atoms. The summed E-state index contributed by atoms with van der Waals surface area (Å²) in [6.07, 6.45) is 0.657. The maximum absolute atomic E-state index is 11.2. The minimum atomic E-state index is -0.203. The van der Waals surface area contributed by atoms with E-state index in [9.17, 15) is 4.79 Å². The smallest absolute Gasteiger partial charge is 0.222 e. The Morgan fingerprint density at radius 1 is 1.33 bits per heavy atom. The third-order valence-electron chi connectivity index (χ3n) is 2.93. The van der Waals surface area contributed by atoms with E-state index in [0.717, 1.165) is 11.3 Å². The Balaban J connectivity index is 2.59. The summed E-state index contributed by atoms with van der Waals surface area (Å²) in [4.78, 5) is 19.4. The minimum absolute atomic E-state index is 0.143. The van der Waals surface area contributed by atoms with Crippen LogP contribution in [0.5, 0.6) is 0 Å². The zero-order valence-electron chi connectivity index (χ0n) is 11.8. The number of aryl methyl sites for hydroxylation is 1. The number of benzene rings is 1. The van der Waals surface area contributed by atoms with E-state index in [-0.39, 0.29) is 11.9 Å². The van der Waals surface area contributed by atoms with E-state index < -0.39 is 0 Å². The topological polar surface area (TPSA) is 107 Å². The largest absolute Gasteiger partial charge is 0.383 e. The van der Waals surface area contributed by atoms with Crippen LogP contribution in [0, 0.1) is 0 Å². The second kappa shape index (κ2) is 5.97. The monoisotopic (exact) mass is 305 g/mol. The van der Waals surface area contributed by atoms with Crippen LogP contribution in [0.3, 0.4) is 0 Å². The van der Waals surface area contributed by atoms with E-state index in [4.69, 9.17) is 23.1 Å². The van der Waals surface area contributed by atoms with Gasteiger partial charge in [-0.05, 0) is 24.1 Å². The van der Waals surface area contributed by atoms with Crippen LogP contribution in [0.1, 0.15) is 19.5 Å². The summed E-state index contributed by atoms with van der Waals surface area (Å²) in [5.74, 6) is 0.242. The maximum Gasteiger partial charge on any atom is 0.222 e. The van der Waals surface area contributed by atoms with Crippen molar-refractivity contribution in [2.45, 2.75) is 20.3 Å². The summed E-state index contributed by atoms with van der Waals surface area (Å²) in [6.45, 7) is 3.37. The van der Waals surface area contributed by atoms with Gasteiger partial charge in [0.05, 0.1) is 16.4 Å². The number of carbonyl (C=O) groups excluding carboxylic acids is 1. The lowest BCUT2D eigenvalue weighted by Crippen LogP contribution is -2.08. The average molecular weight is 306 g/mol. The molecule has 1 heterocycles. The number of aromatic nitrogens is 2. The van der Waals surface area contributed by atoms with Gasteiger partial charge in [-0.15, -0.1) is 0 Å². The van der Waals surface area contributed by atoms with E-state index in [0.29, 0.717) is 28.5 Å². The van der Waals surface area contributed by atoms with Crippen molar-refractivity contribution in [3.63, 3.8) is 0 Å². The summed E-state index contributed by atoms with van der Waals surface area (Å²) in [6, 6.07) is 5.24. The van der Waals surface area contributed by atoms with Crippen LogP contribution < -0.4 is 16.8 Å². The number of rotatable bonds is 3. The third kappa shape index (κ3) is 3.22. The lowest BCUT2D eigenvalue weighted by atomic mass is 10.0. The summed E-state index contributed by atoms with van der Waals surface area (Å²) in [5, 5.41) is 3.12. The fourth-order valence-corrected chi connectivity index (χ4v) is 2.25. The van der Waals surface area contributed by atoms with Gasteiger partial charge in [0.15, 0.2) is 0 Å². The van der Waals surface area contributed by atoms with Gasteiger partial charge >= 0.3 is 0 Å². The Hall–Kier alpha value is -2.34. The average Bonchev–Trinajstić information content (AvgIpc) is 2.40. The molecule has 0 fully saturated rings. The molecule has 21 heavy (non-hydrogen) atoms. The number of nitrogens with zero attached hydrogens (tertiary/aromatic N) is 2. The molecule has 0 saturated heterocycles. The SMILES string of the molecule is CCc1nc(N)nc(N)c1-c1ccc(Cl)c(NC(C)=O)c1. The normalized spacial score (nSPS) is 10.4. The first-order valence-corrected chi connectivity index (χ1v) is 6.79. The Kier molecular flexibility index (Phi) is 4.28. The van der Waals surface area contributed by atoms with Crippen molar-refractivity contribution in [1.82, 2.24) is 9.97 Å². The predicted molar refractivity (Wildman–Crippen MR) is 85.0 cm³/mol. The van der Waals surface area contributed by atoms with Crippen molar-refractivity contribution in [1.29, 1.82) is 0 Å². The number of carbonyl (C=O) groups is 1. The molecule has 110 valence electrons. The van der Waals surface area contributed by atoms with Gasteiger partial charge in [0, 0.05) is 12.5 Å². The zero-order chi connectivity index (χ0) is 15.6. The van der Waals surface area contributed by atoms with Crippen LogP contribution >= 0.6 is 11.6 Å². The summed E-state index contributed by atoms with van der Waals surface area (Å²) in [5.41, 5.74) is 14.3. The molecule has 0 aliphatic rings. The molecule has 0 aliphatic heterocycles. The van der Waals surface area contributed by atoms with Gasteiger partial charge in [0.1, 0.15) is 5.82 Å². The van der Waals surface area contributed by atoms with Gasteiger partial charge in [0.25, 0.3) is 0 Å². The number of anilines is 3. The van der Waals surface area contributed by atoms with Crippen molar-refractivity contribution >= 4 is 35.0 Å². The predicted octanol–water partition coefficient (Wildman–Crippen LogP) is 2.48. The lowest BCUT2D eigenvalue weighted by Gasteiger charge is -2.13. The van der Waals surface area contributed by atoms with Crippen LogP contribution in [-0.2, 0) is 11.2 Å². The number of amides is 1. The first-order valence-electron chi connectivity index (χ1n) is 6.41. The van der Waals surface area contributed by atoms with Gasteiger partial charge < -0.3 is 16.8 Å². The highest BCUT2D eigenvalue weighted by molar-refractivity contribution is 6.33. The molecule has 1 aromatic carbocycles. The minimum Gasteiger partial charge on any atom is -0.383 e. The van der Waals surface area contributed by atoms with Crippen molar-refractivity contribution < 1.29 is 4.79 Å². The molecule has 0 spiro atoms. The van der Waals surface area contributed by atoms with Crippen LogP contribution in [0.15, 0.2) is 18.2 Å². The molecule has 2 rings (SSSR count). The Morgan fingerprint density at radius 3 is 2.67 bits per heavy atom. The van der Waals surface area contributed by atoms with Crippen LogP contribution in [0.25, 0.3) is 11.1 Å². The number of nitrogens with one attached hydrogen (secondary N) is 1. The van der Waals surface area contributed by atoms with Crippen LogP contribution in [-0.4, -0.2) is 15.9 Å². The Morgan fingerprint density at radius 2 is 2.05 bits per heavy atom. The lowest BCUT2D eigenvalue weighted by molar-refractivity contribution is -0.114. The van der Waals surface area contributed by atoms with E-state index >= 15 is 0 Å². The molecule has 0 unspecified atom stereocenters. The van der Waals surface area contributed by atoms with E-state index in [1.807, 2.05) is 6.92 Å². The highest BCUT2D eigenvalue weighted by Crippen LogP contribution is 2.33. The first-order chi connectivity index (χ1) is 9.92. The van der Waals surface area contributed by atoms with Crippen LogP contribution in [0.2, 0.25) is 5.02 Å². The fourth-order valence-electron chi connectivity index (χ4n) is 2.08. The van der Waals surface area contributed by atoms with E-state index in [2.05, 4.69) is 15.3 Å². The highest BCUT2D eigenvalue weighted by atomic mass is 35.5. The van der Waals surface area contributed by atoms with E-state index in [1.54, 1.807) is 18.2 Å². The fraction of sp³-hybridized carbons (Fsp3) is 0.214. The van der Waals surface area contributed by atoms with Crippen molar-refractivity contribution in [2.24, 2.45) is 0 Å². The Labute approximate surface area is 127 Å². The van der Waals surface area contributed by atoms with Gasteiger partial charge in [-0.2, -0.15) is 4.98 Å². The standard InChI is InChI=1S/C14H16ClN5O/c1-3-10-12(13(16)20-14(17)19-10)8-4-5-9(15)11(6-8)18-7(2)21/h4-6H,3H2,1-2H3,(H,18,21)(H4,16,17,19,20). The number of nitrogens with two attached hydrogens (primary N) is 2. The molecule has 0 aliphatic carbocycles. The number of hydrogen-bond donors (Lipinski definition) is 3. The third-order valence-corrected chi connectivity index (χ3v) is 3.26. The number of nitrogen functional groups attached to an aromatic ring is 2. The number of hydrogen-bond acceptors (Lipinski definition) is 5. The van der Waals surface area contributed by atoms with Gasteiger partial charge in [-0.25, -0.2) is 4.98 Å². The summed E-state index contributed by atoms with van der Waals surface area (Å²) < 4.78 is 0. The molecule has 2 aromatic rings. The van der Waals surface area contributed by atoms with E-state index in [1.165, 1.54) is 6.92 Å². The molecule has 1 amide bonds. The second-order valence-electron chi connectivity index (χ2n) is 4.52. The molecule has 0 atom stereocenters. The van der Waals surface area contributed by atoms with Gasteiger partial charge in [-0.3, -0.25) is 4.79 Å². The summed E-state index contributed by atoms with van der Waals surface area (Å²) >= 11 is 6.07. The van der Waals surface area contributed by atoms with Crippen LogP contribution in [0.4, 0.5) is 17.5 Å². The molecule has 0 radical (unpaired) electrons. The molecule has 5 N–H and O–H groups in total. The first kappa shape index (κ1) is 15.1. The molecule has 6 nitrogen and oxygen atoms in total. The van der Waals surface area contributed by atoms with Crippen molar-refractivity contribution in [3.8, 4) is 11.1 Å². The molecular formula is C14H16ClN5O. The molecular weight excluding hydrogens is 290 g/mol. The molecule has 1 aromatic heterocycles. The van der Waals surface area contributed by atoms with Gasteiger partial charge in [0.2, 0.25) is 11.9 Å². The second-order valence-corrected chi connectivity index (χ2v) is 4.93. The molecule has 7 heteroatoms. The summed E-state index contributed by atoms with van der Waals surface area (Å²) in [7, 11) is 0. The Bertz CT molecular complexity index is 702. The highest BCUT2D eigenvalue weighted by Gasteiger charge is 2.14. The van der Waals surface area contributed by atoms with Crippen molar-refractivity contribution in [3.05, 3.63) is 28.9 Å². The quantitative estimate of drug-likeness (QED) is 0.807. The van der Waals surface area contributed by atoms with Crippen molar-refractivity contribution in [2.75, 3.05) is 16.8 Å². The molecule has 0 saturated carbocycles. The number of halogens is 1. The zero-order valence-corrected chi connectivity index (χ0v) is 12.5. The maximum atomic E-state index is 11.2.